The molecule has 144 valence electrons. The second-order valence-corrected chi connectivity index (χ2v) is 8.18. The summed E-state index contributed by atoms with van der Waals surface area (Å²) in [7, 11) is 0. The zero-order valence-corrected chi connectivity index (χ0v) is 16.5. The Balaban J connectivity index is 1.21. The average molecular weight is 396 g/mol. The van der Waals surface area contributed by atoms with Crippen molar-refractivity contribution < 1.29 is 4.42 Å². The van der Waals surface area contributed by atoms with Gasteiger partial charge in [-0.15, -0.1) is 0 Å². The highest BCUT2D eigenvalue weighted by Gasteiger charge is 2.40. The van der Waals surface area contributed by atoms with Crippen LogP contribution in [-0.4, -0.2) is 46.0 Å². The first-order valence-electron chi connectivity index (χ1n) is 9.60. The number of anilines is 1. The van der Waals surface area contributed by atoms with Gasteiger partial charge in [-0.05, 0) is 24.0 Å². The molecule has 0 radical (unpaired) electrons. The Kier molecular flexibility index (Phi) is 4.53. The molecule has 2 unspecified atom stereocenters. The predicted octanol–water partition coefficient (Wildman–Crippen LogP) is 3.66. The smallest absolute Gasteiger partial charge is 0.191 e. The molecule has 3 aromatic rings. The van der Waals surface area contributed by atoms with Gasteiger partial charge in [0.15, 0.2) is 5.89 Å². The molecular formula is C21H22ClN5O. The van der Waals surface area contributed by atoms with Crippen LogP contribution in [-0.2, 0) is 6.54 Å². The van der Waals surface area contributed by atoms with Gasteiger partial charge in [-0.3, -0.25) is 9.88 Å². The van der Waals surface area contributed by atoms with Crippen molar-refractivity contribution in [3.63, 3.8) is 0 Å². The maximum absolute atomic E-state index is 5.96. The van der Waals surface area contributed by atoms with Crippen molar-refractivity contribution in [3.8, 4) is 11.3 Å². The molecule has 5 rings (SSSR count). The highest BCUT2D eigenvalue weighted by molar-refractivity contribution is 6.30. The molecule has 2 atom stereocenters. The van der Waals surface area contributed by atoms with Gasteiger partial charge in [-0.1, -0.05) is 23.7 Å². The molecular weight excluding hydrogens is 374 g/mol. The molecule has 0 N–H and O–H groups in total. The van der Waals surface area contributed by atoms with Crippen molar-refractivity contribution in [3.05, 3.63) is 59.5 Å². The van der Waals surface area contributed by atoms with Crippen molar-refractivity contribution in [2.45, 2.75) is 13.5 Å². The van der Waals surface area contributed by atoms with E-state index in [2.05, 4.69) is 24.8 Å². The predicted molar refractivity (Wildman–Crippen MR) is 108 cm³/mol. The van der Waals surface area contributed by atoms with Crippen LogP contribution in [0.1, 0.15) is 11.6 Å². The minimum absolute atomic E-state index is 0.672. The number of aromatic nitrogens is 3. The van der Waals surface area contributed by atoms with Crippen LogP contribution in [0, 0.1) is 18.8 Å². The first-order valence-corrected chi connectivity index (χ1v) is 9.98. The van der Waals surface area contributed by atoms with Crippen molar-refractivity contribution >= 4 is 17.4 Å². The van der Waals surface area contributed by atoms with Crippen LogP contribution in [0.2, 0.25) is 5.02 Å². The van der Waals surface area contributed by atoms with E-state index in [9.17, 15) is 0 Å². The van der Waals surface area contributed by atoms with E-state index in [1.807, 2.05) is 43.6 Å². The quantitative estimate of drug-likeness (QED) is 0.671. The molecule has 0 aliphatic carbocycles. The highest BCUT2D eigenvalue weighted by atomic mass is 35.5. The van der Waals surface area contributed by atoms with E-state index in [1.165, 1.54) is 0 Å². The van der Waals surface area contributed by atoms with Crippen molar-refractivity contribution in [1.82, 2.24) is 19.9 Å². The zero-order valence-electron chi connectivity index (χ0n) is 15.8. The van der Waals surface area contributed by atoms with Crippen LogP contribution >= 0.6 is 11.6 Å². The fourth-order valence-corrected chi connectivity index (χ4v) is 4.50. The number of aryl methyl sites for hydroxylation is 1. The van der Waals surface area contributed by atoms with E-state index >= 15 is 0 Å². The SMILES string of the molecule is Cc1nc(CN2CC3CN(c4cnc(-c5ccc(Cl)cc5)cn4)CC3C2)co1. The molecule has 2 saturated heterocycles. The number of nitrogens with zero attached hydrogens (tertiary/aromatic N) is 5. The number of oxazole rings is 1. The summed E-state index contributed by atoms with van der Waals surface area (Å²) in [5, 5.41) is 0.727. The number of hydrogen-bond acceptors (Lipinski definition) is 6. The van der Waals surface area contributed by atoms with Gasteiger partial charge in [0.25, 0.3) is 0 Å². The fourth-order valence-electron chi connectivity index (χ4n) is 4.37. The van der Waals surface area contributed by atoms with Crippen molar-refractivity contribution in [2.24, 2.45) is 11.8 Å². The summed E-state index contributed by atoms with van der Waals surface area (Å²) in [4.78, 5) is 18.6. The lowest BCUT2D eigenvalue weighted by Crippen LogP contribution is -2.29. The number of rotatable bonds is 4. The molecule has 4 heterocycles. The molecule has 7 heteroatoms. The minimum Gasteiger partial charge on any atom is -0.449 e. The van der Waals surface area contributed by atoms with E-state index in [4.69, 9.17) is 16.0 Å². The summed E-state index contributed by atoms with van der Waals surface area (Å²) in [6, 6.07) is 7.69. The Morgan fingerprint density at radius 2 is 1.79 bits per heavy atom. The Bertz CT molecular complexity index is 942. The van der Waals surface area contributed by atoms with Crippen LogP contribution < -0.4 is 4.90 Å². The largest absolute Gasteiger partial charge is 0.449 e. The zero-order chi connectivity index (χ0) is 19.1. The molecule has 28 heavy (non-hydrogen) atoms. The summed E-state index contributed by atoms with van der Waals surface area (Å²) in [6.07, 6.45) is 5.51. The Morgan fingerprint density at radius 3 is 2.39 bits per heavy atom. The normalized spacial score (nSPS) is 22.0. The first-order chi connectivity index (χ1) is 13.6. The summed E-state index contributed by atoms with van der Waals surface area (Å²) >= 11 is 5.96. The number of benzene rings is 1. The van der Waals surface area contributed by atoms with Gasteiger partial charge in [0.2, 0.25) is 0 Å². The molecule has 0 bridgehead atoms. The van der Waals surface area contributed by atoms with Gasteiger partial charge in [0, 0.05) is 50.2 Å². The van der Waals surface area contributed by atoms with E-state index in [0.29, 0.717) is 11.8 Å². The van der Waals surface area contributed by atoms with E-state index < -0.39 is 0 Å². The molecule has 2 fully saturated rings. The second kappa shape index (κ2) is 7.18. The van der Waals surface area contributed by atoms with Gasteiger partial charge < -0.3 is 9.32 Å². The minimum atomic E-state index is 0.672. The number of fused-ring (bicyclic) bond motifs is 1. The van der Waals surface area contributed by atoms with Crippen LogP contribution in [0.5, 0.6) is 0 Å². The standard InChI is InChI=1S/C21H22ClN5O/c1-14-25-19(13-28-14)12-26-8-16-10-27(11-17(16)9-26)21-7-23-20(6-24-21)15-2-4-18(22)5-3-15/h2-7,13,16-17H,8-12H2,1H3. The maximum atomic E-state index is 5.96. The average Bonchev–Trinajstić information content (AvgIpc) is 3.38. The van der Waals surface area contributed by atoms with E-state index in [1.54, 1.807) is 6.26 Å². The molecule has 0 spiro atoms. The fraction of sp³-hybridized carbons (Fsp3) is 0.381. The Morgan fingerprint density at radius 1 is 1.04 bits per heavy atom. The topological polar surface area (TPSA) is 58.3 Å². The summed E-state index contributed by atoms with van der Waals surface area (Å²) in [5.74, 6) is 3.04. The molecule has 2 aromatic heterocycles. The molecule has 0 saturated carbocycles. The van der Waals surface area contributed by atoms with Crippen molar-refractivity contribution in [2.75, 3.05) is 31.1 Å². The van der Waals surface area contributed by atoms with E-state index in [-0.39, 0.29) is 0 Å². The molecule has 2 aliphatic rings. The Hall–Kier alpha value is -2.44. The number of likely N-dealkylation sites (tertiary alicyclic amines) is 1. The lowest BCUT2D eigenvalue weighted by atomic mass is 10.0. The second-order valence-electron chi connectivity index (χ2n) is 7.74. The molecule has 6 nitrogen and oxygen atoms in total. The van der Waals surface area contributed by atoms with Gasteiger partial charge in [0.05, 0.1) is 23.8 Å². The molecule has 1 aromatic carbocycles. The molecule has 0 amide bonds. The number of hydrogen-bond donors (Lipinski definition) is 0. The van der Waals surface area contributed by atoms with Gasteiger partial charge in [-0.2, -0.15) is 0 Å². The van der Waals surface area contributed by atoms with Crippen molar-refractivity contribution in [1.29, 1.82) is 0 Å². The van der Waals surface area contributed by atoms with Crippen LogP contribution in [0.3, 0.4) is 0 Å². The maximum Gasteiger partial charge on any atom is 0.191 e. The third-order valence-corrected chi connectivity index (χ3v) is 5.97. The lowest BCUT2D eigenvalue weighted by molar-refractivity contribution is 0.305. The van der Waals surface area contributed by atoms with Gasteiger partial charge >= 0.3 is 0 Å². The third-order valence-electron chi connectivity index (χ3n) is 5.72. The van der Waals surface area contributed by atoms with Gasteiger partial charge in [0.1, 0.15) is 12.1 Å². The van der Waals surface area contributed by atoms with Crippen LogP contribution in [0.25, 0.3) is 11.3 Å². The van der Waals surface area contributed by atoms with Gasteiger partial charge in [-0.25, -0.2) is 9.97 Å². The summed E-state index contributed by atoms with van der Waals surface area (Å²) in [5.41, 5.74) is 2.92. The molecule has 2 aliphatic heterocycles. The van der Waals surface area contributed by atoms with Crippen LogP contribution in [0.4, 0.5) is 5.82 Å². The summed E-state index contributed by atoms with van der Waals surface area (Å²) in [6.45, 7) is 7.04. The third kappa shape index (κ3) is 3.50. The Labute approximate surface area is 169 Å². The first kappa shape index (κ1) is 17.6. The number of halogens is 1. The monoisotopic (exact) mass is 395 g/mol. The lowest BCUT2D eigenvalue weighted by Gasteiger charge is -2.21. The highest BCUT2D eigenvalue weighted by Crippen LogP contribution is 2.34. The van der Waals surface area contributed by atoms with E-state index in [0.717, 1.165) is 66.4 Å². The summed E-state index contributed by atoms with van der Waals surface area (Å²) < 4.78 is 5.32. The van der Waals surface area contributed by atoms with Crippen LogP contribution in [0.15, 0.2) is 47.3 Å².